The molecule has 0 aliphatic rings. The van der Waals surface area contributed by atoms with E-state index in [2.05, 4.69) is 0 Å². The van der Waals surface area contributed by atoms with Gasteiger partial charge in [0.15, 0.2) is 0 Å². The summed E-state index contributed by atoms with van der Waals surface area (Å²) in [6, 6.07) is 2.49. The molecule has 0 saturated carbocycles. The first-order valence-electron chi connectivity index (χ1n) is 4.82. The fourth-order valence-corrected chi connectivity index (χ4v) is 1.41. The van der Waals surface area contributed by atoms with Crippen LogP contribution in [0.5, 0.6) is 0 Å². The van der Waals surface area contributed by atoms with E-state index in [9.17, 15) is 13.9 Å². The van der Waals surface area contributed by atoms with E-state index < -0.39 is 23.8 Å². The summed E-state index contributed by atoms with van der Waals surface area (Å²) in [5.41, 5.74) is 5.36. The van der Waals surface area contributed by atoms with Crippen LogP contribution >= 0.6 is 0 Å². The van der Waals surface area contributed by atoms with Crippen LogP contribution in [0.25, 0.3) is 0 Å². The van der Waals surface area contributed by atoms with Crippen molar-refractivity contribution in [2.75, 3.05) is 0 Å². The average Bonchev–Trinajstić information content (AvgIpc) is 2.15. The molecule has 1 aromatic rings. The predicted molar refractivity (Wildman–Crippen MR) is 54.1 cm³/mol. The van der Waals surface area contributed by atoms with Crippen LogP contribution in [0.4, 0.5) is 8.78 Å². The molecule has 0 saturated heterocycles. The summed E-state index contributed by atoms with van der Waals surface area (Å²) < 4.78 is 26.6. The Bertz CT molecular complexity index is 321. The third-order valence-electron chi connectivity index (χ3n) is 2.38. The fourth-order valence-electron chi connectivity index (χ4n) is 1.41. The quantitative estimate of drug-likeness (QED) is 0.809. The second-order valence-corrected chi connectivity index (χ2v) is 3.90. The number of nitrogens with two attached hydrogens (primary N) is 1. The van der Waals surface area contributed by atoms with Crippen LogP contribution in [0.1, 0.15) is 25.5 Å². The zero-order chi connectivity index (χ0) is 11.6. The van der Waals surface area contributed by atoms with Gasteiger partial charge in [-0.05, 0) is 18.1 Å². The van der Waals surface area contributed by atoms with Crippen LogP contribution < -0.4 is 5.73 Å². The molecular weight excluding hydrogens is 200 g/mol. The normalized spacial score (nSPS) is 15.4. The Labute approximate surface area is 87.7 Å². The molecule has 0 aliphatic heterocycles. The minimum Gasteiger partial charge on any atom is -0.391 e. The highest BCUT2D eigenvalue weighted by molar-refractivity contribution is 5.24. The van der Waals surface area contributed by atoms with E-state index in [-0.39, 0.29) is 11.5 Å². The Kier molecular flexibility index (Phi) is 3.77. The topological polar surface area (TPSA) is 46.2 Å². The van der Waals surface area contributed by atoms with Gasteiger partial charge >= 0.3 is 0 Å². The molecule has 0 radical (unpaired) electrons. The van der Waals surface area contributed by atoms with Gasteiger partial charge in [0.25, 0.3) is 0 Å². The van der Waals surface area contributed by atoms with Crippen LogP contribution in [-0.4, -0.2) is 11.2 Å². The third kappa shape index (κ3) is 2.52. The number of aliphatic hydroxyl groups is 1. The van der Waals surface area contributed by atoms with Crippen LogP contribution in [0, 0.1) is 17.6 Å². The fraction of sp³-hybridized carbons (Fsp3) is 0.455. The predicted octanol–water partition coefficient (Wildman–Crippen LogP) is 1.98. The standard InChI is InChI=1S/C11H15F2NO/c1-6(2)11(15)10(14)9-7(12)4-3-5-8(9)13/h3-6,10-11,15H,14H2,1-2H3/t10-,11+/m1/s1. The van der Waals surface area contributed by atoms with Gasteiger partial charge in [0.05, 0.1) is 12.1 Å². The van der Waals surface area contributed by atoms with Crippen molar-refractivity contribution in [3.63, 3.8) is 0 Å². The highest BCUT2D eigenvalue weighted by Crippen LogP contribution is 2.24. The molecule has 0 bridgehead atoms. The zero-order valence-electron chi connectivity index (χ0n) is 8.74. The number of aliphatic hydroxyl groups excluding tert-OH is 1. The first-order valence-corrected chi connectivity index (χ1v) is 4.82. The third-order valence-corrected chi connectivity index (χ3v) is 2.38. The monoisotopic (exact) mass is 215 g/mol. The molecule has 1 aromatic carbocycles. The maximum Gasteiger partial charge on any atom is 0.131 e. The van der Waals surface area contributed by atoms with Gasteiger partial charge in [-0.2, -0.15) is 0 Å². The van der Waals surface area contributed by atoms with E-state index in [1.807, 2.05) is 0 Å². The Morgan fingerprint density at radius 3 is 2.07 bits per heavy atom. The lowest BCUT2D eigenvalue weighted by Gasteiger charge is -2.23. The molecular formula is C11H15F2NO. The molecule has 84 valence electrons. The minimum atomic E-state index is -1.04. The van der Waals surface area contributed by atoms with Gasteiger partial charge in [0, 0.05) is 5.56 Å². The van der Waals surface area contributed by atoms with E-state index in [1.165, 1.54) is 6.07 Å². The lowest BCUT2D eigenvalue weighted by Crippen LogP contribution is -2.32. The van der Waals surface area contributed by atoms with Gasteiger partial charge in [-0.15, -0.1) is 0 Å². The van der Waals surface area contributed by atoms with Crippen molar-refractivity contribution in [1.82, 2.24) is 0 Å². The van der Waals surface area contributed by atoms with E-state index in [0.29, 0.717) is 0 Å². The van der Waals surface area contributed by atoms with Gasteiger partial charge in [-0.3, -0.25) is 0 Å². The average molecular weight is 215 g/mol. The van der Waals surface area contributed by atoms with Gasteiger partial charge in [-0.1, -0.05) is 19.9 Å². The van der Waals surface area contributed by atoms with E-state index in [0.717, 1.165) is 12.1 Å². The Balaban J connectivity index is 3.05. The number of hydrogen-bond acceptors (Lipinski definition) is 2. The second kappa shape index (κ2) is 4.68. The van der Waals surface area contributed by atoms with Crippen molar-refractivity contribution >= 4 is 0 Å². The summed E-state index contributed by atoms with van der Waals surface area (Å²) in [6.07, 6.45) is -0.962. The smallest absolute Gasteiger partial charge is 0.131 e. The van der Waals surface area contributed by atoms with Crippen molar-refractivity contribution in [1.29, 1.82) is 0 Å². The van der Waals surface area contributed by atoms with Crippen LogP contribution in [0.2, 0.25) is 0 Å². The summed E-state index contributed by atoms with van der Waals surface area (Å²) in [5, 5.41) is 9.64. The summed E-state index contributed by atoms with van der Waals surface area (Å²) >= 11 is 0. The summed E-state index contributed by atoms with van der Waals surface area (Å²) in [5.74, 6) is -1.59. The Morgan fingerprint density at radius 2 is 1.67 bits per heavy atom. The highest BCUT2D eigenvalue weighted by atomic mass is 19.1. The Hall–Kier alpha value is -1.00. The molecule has 0 amide bonds. The van der Waals surface area contributed by atoms with Gasteiger partial charge in [0.2, 0.25) is 0 Å². The first-order chi connectivity index (χ1) is 6.95. The molecule has 0 fully saturated rings. The van der Waals surface area contributed by atoms with Crippen molar-refractivity contribution < 1.29 is 13.9 Å². The molecule has 0 aliphatic carbocycles. The molecule has 0 unspecified atom stereocenters. The molecule has 15 heavy (non-hydrogen) atoms. The number of rotatable bonds is 3. The lowest BCUT2D eigenvalue weighted by molar-refractivity contribution is 0.0952. The summed E-state index contributed by atoms with van der Waals surface area (Å²) in [7, 11) is 0. The van der Waals surface area contributed by atoms with Crippen molar-refractivity contribution in [3.05, 3.63) is 35.4 Å². The number of hydrogen-bond donors (Lipinski definition) is 2. The van der Waals surface area contributed by atoms with Crippen LogP contribution in [0.3, 0.4) is 0 Å². The van der Waals surface area contributed by atoms with E-state index >= 15 is 0 Å². The second-order valence-electron chi connectivity index (χ2n) is 3.90. The van der Waals surface area contributed by atoms with Gasteiger partial charge in [0.1, 0.15) is 11.6 Å². The van der Waals surface area contributed by atoms with Crippen LogP contribution in [0.15, 0.2) is 18.2 Å². The van der Waals surface area contributed by atoms with Gasteiger partial charge in [-0.25, -0.2) is 8.78 Å². The molecule has 1 rings (SSSR count). The molecule has 0 heterocycles. The molecule has 4 heteroatoms. The maximum atomic E-state index is 13.3. The van der Waals surface area contributed by atoms with Crippen LogP contribution in [-0.2, 0) is 0 Å². The van der Waals surface area contributed by atoms with E-state index in [1.54, 1.807) is 13.8 Å². The number of benzene rings is 1. The molecule has 0 aromatic heterocycles. The zero-order valence-corrected chi connectivity index (χ0v) is 8.74. The lowest BCUT2D eigenvalue weighted by atomic mass is 9.94. The van der Waals surface area contributed by atoms with Crippen molar-refractivity contribution in [2.45, 2.75) is 26.0 Å². The highest BCUT2D eigenvalue weighted by Gasteiger charge is 2.25. The largest absolute Gasteiger partial charge is 0.391 e. The Morgan fingerprint density at radius 1 is 1.20 bits per heavy atom. The molecule has 0 spiro atoms. The van der Waals surface area contributed by atoms with E-state index in [4.69, 9.17) is 5.73 Å². The molecule has 2 atom stereocenters. The van der Waals surface area contributed by atoms with Gasteiger partial charge < -0.3 is 10.8 Å². The van der Waals surface area contributed by atoms with Crippen molar-refractivity contribution in [2.24, 2.45) is 11.7 Å². The molecule has 3 N–H and O–H groups in total. The minimum absolute atomic E-state index is 0.154. The SMILES string of the molecule is CC(C)[C@H](O)[C@H](N)c1c(F)cccc1F. The number of halogens is 2. The maximum absolute atomic E-state index is 13.3. The summed E-state index contributed by atoms with van der Waals surface area (Å²) in [6.45, 7) is 3.48. The van der Waals surface area contributed by atoms with Crippen molar-refractivity contribution in [3.8, 4) is 0 Å². The summed E-state index contributed by atoms with van der Waals surface area (Å²) in [4.78, 5) is 0. The molecule has 2 nitrogen and oxygen atoms in total. The first kappa shape index (κ1) is 12.1.